The Hall–Kier alpha value is -2.65. The maximum atomic E-state index is 13.0. The van der Waals surface area contributed by atoms with Crippen molar-refractivity contribution in [3.8, 4) is 0 Å². The van der Waals surface area contributed by atoms with Crippen LogP contribution in [-0.2, 0) is 25.7 Å². The normalized spacial score (nSPS) is 21.6. The average molecular weight is 447 g/mol. The number of nitrogens with one attached hydrogen (secondary N) is 2. The Morgan fingerprint density at radius 3 is 2.53 bits per heavy atom. The van der Waals surface area contributed by atoms with Crippen LogP contribution in [0.3, 0.4) is 0 Å². The molecule has 2 aliphatic heterocycles. The lowest BCUT2D eigenvalue weighted by atomic mass is 9.96. The molecule has 0 spiro atoms. The van der Waals surface area contributed by atoms with E-state index in [1.165, 1.54) is 19.0 Å². The quantitative estimate of drug-likeness (QED) is 0.636. The molecule has 0 aromatic heterocycles. The molecule has 2 saturated heterocycles. The van der Waals surface area contributed by atoms with E-state index in [1.807, 2.05) is 30.3 Å². The molecule has 2 fully saturated rings. The number of likely N-dealkylation sites (N-methyl/N-ethyl adjacent to an activating group) is 1. The van der Waals surface area contributed by atoms with Gasteiger partial charge in [-0.3, -0.25) is 9.59 Å². The van der Waals surface area contributed by atoms with Gasteiger partial charge < -0.3 is 29.9 Å². The van der Waals surface area contributed by atoms with E-state index in [0.717, 1.165) is 31.5 Å². The predicted octanol–water partition coefficient (Wildman–Crippen LogP) is 1.13. The van der Waals surface area contributed by atoms with Gasteiger partial charge in [-0.1, -0.05) is 30.3 Å². The lowest BCUT2D eigenvalue weighted by Gasteiger charge is -2.41. The standard InChI is InChI=1S/C23H34N4O5/c1-26(2)22(29)21(28)25-19-9-6-14-27(20(19)16-31-18-10-12-24-13-11-18)23(30)32-15-17-7-4-3-5-8-17/h3-5,7-8,18-20,24H,6,9-16H2,1-2H3,(H,25,28)/t19-,20-/m1/s1. The Labute approximate surface area is 189 Å². The fourth-order valence-corrected chi connectivity index (χ4v) is 4.09. The molecule has 0 bridgehead atoms. The second-order valence-corrected chi connectivity index (χ2v) is 8.51. The third kappa shape index (κ3) is 6.67. The number of ether oxygens (including phenoxy) is 2. The first-order chi connectivity index (χ1) is 15.5. The van der Waals surface area contributed by atoms with Crippen molar-refractivity contribution in [3.05, 3.63) is 35.9 Å². The Morgan fingerprint density at radius 1 is 1.12 bits per heavy atom. The van der Waals surface area contributed by atoms with Crippen molar-refractivity contribution >= 4 is 17.9 Å². The number of likely N-dealkylation sites (tertiary alicyclic amines) is 1. The monoisotopic (exact) mass is 446 g/mol. The van der Waals surface area contributed by atoms with E-state index in [1.54, 1.807) is 4.90 Å². The summed E-state index contributed by atoms with van der Waals surface area (Å²) < 4.78 is 11.7. The molecule has 1 aromatic carbocycles. The van der Waals surface area contributed by atoms with Crippen LogP contribution in [0, 0.1) is 0 Å². The SMILES string of the molecule is CN(C)C(=O)C(=O)N[C@@H]1CCCN(C(=O)OCc2ccccc2)[C@@H]1COC1CCNCC1. The predicted molar refractivity (Wildman–Crippen MR) is 119 cm³/mol. The van der Waals surface area contributed by atoms with Gasteiger partial charge in [-0.15, -0.1) is 0 Å². The van der Waals surface area contributed by atoms with Gasteiger partial charge >= 0.3 is 17.9 Å². The Balaban J connectivity index is 1.67. The van der Waals surface area contributed by atoms with E-state index in [4.69, 9.17) is 9.47 Å². The summed E-state index contributed by atoms with van der Waals surface area (Å²) >= 11 is 0. The summed E-state index contributed by atoms with van der Waals surface area (Å²) in [6.45, 7) is 2.77. The van der Waals surface area contributed by atoms with E-state index in [0.29, 0.717) is 19.4 Å². The third-order valence-electron chi connectivity index (χ3n) is 5.92. The minimum Gasteiger partial charge on any atom is -0.445 e. The summed E-state index contributed by atoms with van der Waals surface area (Å²) in [5.41, 5.74) is 0.904. The molecule has 9 heteroatoms. The Bertz CT molecular complexity index is 767. The zero-order chi connectivity index (χ0) is 22.9. The summed E-state index contributed by atoms with van der Waals surface area (Å²) in [5, 5.41) is 6.13. The van der Waals surface area contributed by atoms with E-state index >= 15 is 0 Å². The first kappa shape index (κ1) is 24.0. The van der Waals surface area contributed by atoms with Crippen LogP contribution in [0.4, 0.5) is 4.79 Å². The number of rotatable bonds is 6. The summed E-state index contributed by atoms with van der Waals surface area (Å²) in [6.07, 6.45) is 2.84. The minimum atomic E-state index is -0.675. The number of piperidine rings is 2. The number of nitrogens with zero attached hydrogens (tertiary/aromatic N) is 2. The molecule has 1 aromatic rings. The fourth-order valence-electron chi connectivity index (χ4n) is 4.09. The van der Waals surface area contributed by atoms with Crippen molar-refractivity contribution in [1.82, 2.24) is 20.4 Å². The van der Waals surface area contributed by atoms with Crippen LogP contribution in [0.25, 0.3) is 0 Å². The summed E-state index contributed by atoms with van der Waals surface area (Å²) in [5.74, 6) is -1.29. The van der Waals surface area contributed by atoms with Crippen molar-refractivity contribution in [2.24, 2.45) is 0 Å². The number of carbonyl (C=O) groups excluding carboxylic acids is 3. The molecule has 3 rings (SSSR count). The highest BCUT2D eigenvalue weighted by Gasteiger charge is 2.38. The number of amides is 3. The zero-order valence-corrected chi connectivity index (χ0v) is 18.9. The van der Waals surface area contributed by atoms with Crippen LogP contribution in [0.1, 0.15) is 31.2 Å². The van der Waals surface area contributed by atoms with Gasteiger partial charge in [0.15, 0.2) is 0 Å². The van der Waals surface area contributed by atoms with E-state index in [-0.39, 0.29) is 25.4 Å². The van der Waals surface area contributed by atoms with Crippen molar-refractivity contribution in [2.75, 3.05) is 40.3 Å². The molecule has 2 aliphatic rings. The molecule has 3 amide bonds. The lowest BCUT2D eigenvalue weighted by molar-refractivity contribution is -0.145. The molecular formula is C23H34N4O5. The third-order valence-corrected chi connectivity index (χ3v) is 5.92. The number of hydrogen-bond donors (Lipinski definition) is 2. The molecular weight excluding hydrogens is 412 g/mol. The smallest absolute Gasteiger partial charge is 0.410 e. The summed E-state index contributed by atoms with van der Waals surface area (Å²) in [4.78, 5) is 40.3. The van der Waals surface area contributed by atoms with Crippen LogP contribution in [0.2, 0.25) is 0 Å². The van der Waals surface area contributed by atoms with Gasteiger partial charge in [0.1, 0.15) is 6.61 Å². The van der Waals surface area contributed by atoms with Crippen molar-refractivity contribution in [1.29, 1.82) is 0 Å². The van der Waals surface area contributed by atoms with Gasteiger partial charge in [0, 0.05) is 20.6 Å². The Kier molecular flexibility index (Phi) is 8.87. The molecule has 9 nitrogen and oxygen atoms in total. The molecule has 32 heavy (non-hydrogen) atoms. The van der Waals surface area contributed by atoms with E-state index in [2.05, 4.69) is 10.6 Å². The van der Waals surface area contributed by atoms with Crippen LogP contribution >= 0.6 is 0 Å². The van der Waals surface area contributed by atoms with Gasteiger partial charge in [0.05, 0.1) is 24.8 Å². The van der Waals surface area contributed by atoms with Gasteiger partial charge in [0.2, 0.25) is 0 Å². The highest BCUT2D eigenvalue weighted by atomic mass is 16.6. The van der Waals surface area contributed by atoms with Gasteiger partial charge in [0.25, 0.3) is 0 Å². The number of hydrogen-bond acceptors (Lipinski definition) is 6. The minimum absolute atomic E-state index is 0.111. The highest BCUT2D eigenvalue weighted by molar-refractivity contribution is 6.34. The molecule has 176 valence electrons. The maximum absolute atomic E-state index is 13.0. The molecule has 0 radical (unpaired) electrons. The maximum Gasteiger partial charge on any atom is 0.410 e. The fraction of sp³-hybridized carbons (Fsp3) is 0.609. The Morgan fingerprint density at radius 2 is 1.84 bits per heavy atom. The highest BCUT2D eigenvalue weighted by Crippen LogP contribution is 2.21. The second kappa shape index (κ2) is 11.8. The van der Waals surface area contributed by atoms with E-state index in [9.17, 15) is 14.4 Å². The first-order valence-electron chi connectivity index (χ1n) is 11.3. The van der Waals surface area contributed by atoms with E-state index < -0.39 is 23.9 Å². The molecule has 0 saturated carbocycles. The van der Waals surface area contributed by atoms with Crippen LogP contribution in [-0.4, -0.2) is 86.2 Å². The second-order valence-electron chi connectivity index (χ2n) is 8.51. The van der Waals surface area contributed by atoms with Crippen molar-refractivity contribution < 1.29 is 23.9 Å². The van der Waals surface area contributed by atoms with Crippen LogP contribution in [0.15, 0.2) is 30.3 Å². The lowest BCUT2D eigenvalue weighted by Crippen LogP contribution is -2.60. The molecule has 2 N–H and O–H groups in total. The van der Waals surface area contributed by atoms with Crippen molar-refractivity contribution in [3.63, 3.8) is 0 Å². The number of benzene rings is 1. The van der Waals surface area contributed by atoms with Gasteiger partial charge in [-0.2, -0.15) is 0 Å². The van der Waals surface area contributed by atoms with Crippen LogP contribution in [0.5, 0.6) is 0 Å². The topological polar surface area (TPSA) is 100 Å². The average Bonchev–Trinajstić information content (AvgIpc) is 2.82. The van der Waals surface area contributed by atoms with Crippen molar-refractivity contribution in [2.45, 2.75) is 50.5 Å². The van der Waals surface area contributed by atoms with Gasteiger partial charge in [-0.05, 0) is 44.3 Å². The summed E-state index contributed by atoms with van der Waals surface area (Å²) in [7, 11) is 3.07. The molecule has 2 atom stereocenters. The van der Waals surface area contributed by atoms with Gasteiger partial charge in [-0.25, -0.2) is 4.79 Å². The molecule has 2 heterocycles. The molecule has 0 unspecified atom stereocenters. The van der Waals surface area contributed by atoms with Crippen LogP contribution < -0.4 is 10.6 Å². The summed E-state index contributed by atoms with van der Waals surface area (Å²) in [6, 6.07) is 8.72. The largest absolute Gasteiger partial charge is 0.445 e. The first-order valence-corrected chi connectivity index (χ1v) is 11.3. The number of carbonyl (C=O) groups is 3. The zero-order valence-electron chi connectivity index (χ0n) is 18.9. The molecule has 0 aliphatic carbocycles.